The van der Waals surface area contributed by atoms with Crippen molar-refractivity contribution >= 4 is 16.9 Å². The number of hydrogen-bond donors (Lipinski definition) is 1. The van der Waals surface area contributed by atoms with Gasteiger partial charge in [-0.25, -0.2) is 4.98 Å². The van der Waals surface area contributed by atoms with Gasteiger partial charge in [0, 0.05) is 24.6 Å². The van der Waals surface area contributed by atoms with Gasteiger partial charge in [0.2, 0.25) is 0 Å². The molecule has 1 amide bonds. The molecule has 4 rings (SSSR count). The Kier molecular flexibility index (Phi) is 8.39. The van der Waals surface area contributed by atoms with Gasteiger partial charge >= 0.3 is 0 Å². The van der Waals surface area contributed by atoms with Gasteiger partial charge in [-0.15, -0.1) is 0 Å². The number of aryl methyl sites for hydroxylation is 2. The number of nitrogens with one attached hydrogen (secondary N) is 1. The highest BCUT2D eigenvalue weighted by molar-refractivity contribution is 5.95. The maximum Gasteiger partial charge on any atom is 0.251 e. The summed E-state index contributed by atoms with van der Waals surface area (Å²) < 4.78 is 13.5. The second kappa shape index (κ2) is 12.1. The van der Waals surface area contributed by atoms with Gasteiger partial charge in [0.1, 0.15) is 23.9 Å². The van der Waals surface area contributed by atoms with E-state index >= 15 is 0 Å². The highest BCUT2D eigenvalue weighted by Crippen LogP contribution is 2.21. The lowest BCUT2D eigenvalue weighted by molar-refractivity contribution is 0.0952. The van der Waals surface area contributed by atoms with Crippen molar-refractivity contribution in [2.24, 2.45) is 0 Å². The summed E-state index contributed by atoms with van der Waals surface area (Å²) in [6.45, 7) is 3.91. The summed E-state index contributed by atoms with van der Waals surface area (Å²) in [6.07, 6.45) is 3.87. The number of nitrogens with zero attached hydrogens (tertiary/aromatic N) is 2. The fourth-order valence-electron chi connectivity index (χ4n) is 4.22. The summed E-state index contributed by atoms with van der Waals surface area (Å²) in [6, 6.07) is 23.6. The number of carbonyl (C=O) groups is 1. The highest BCUT2D eigenvalue weighted by Gasteiger charge is 2.11. The predicted molar refractivity (Wildman–Crippen MR) is 139 cm³/mol. The summed E-state index contributed by atoms with van der Waals surface area (Å²) in [5, 5.41) is 3.04. The lowest BCUT2D eigenvalue weighted by Gasteiger charge is -2.12. The van der Waals surface area contributed by atoms with Gasteiger partial charge in [-0.1, -0.05) is 42.8 Å². The number of methoxy groups -OCH3 is 1. The van der Waals surface area contributed by atoms with E-state index in [0.29, 0.717) is 13.2 Å². The largest absolute Gasteiger partial charge is 0.497 e. The molecule has 182 valence electrons. The van der Waals surface area contributed by atoms with E-state index in [0.717, 1.165) is 71.7 Å². The maximum atomic E-state index is 12.4. The number of rotatable bonds is 12. The minimum Gasteiger partial charge on any atom is -0.497 e. The molecule has 1 heterocycles. The molecular weight excluding hydrogens is 438 g/mol. The molecule has 0 saturated heterocycles. The van der Waals surface area contributed by atoms with E-state index in [1.807, 2.05) is 67.6 Å². The molecule has 4 aromatic rings. The van der Waals surface area contributed by atoms with Crippen LogP contribution in [0.3, 0.4) is 0 Å². The van der Waals surface area contributed by atoms with Crippen molar-refractivity contribution in [3.63, 3.8) is 0 Å². The van der Waals surface area contributed by atoms with E-state index in [-0.39, 0.29) is 5.91 Å². The van der Waals surface area contributed by atoms with Crippen molar-refractivity contribution < 1.29 is 14.3 Å². The zero-order valence-electron chi connectivity index (χ0n) is 20.5. The summed E-state index contributed by atoms with van der Waals surface area (Å²) in [5.74, 6) is 2.65. The van der Waals surface area contributed by atoms with E-state index in [9.17, 15) is 4.79 Å². The zero-order chi connectivity index (χ0) is 24.5. The Morgan fingerprint density at radius 2 is 1.74 bits per heavy atom. The molecule has 0 atom stereocenters. The SMILES string of the molecule is COc1cccc(OCCn2c(CCCCCNC(=O)c3ccccc3C)nc3ccccc32)c1. The molecule has 0 radical (unpaired) electrons. The first kappa shape index (κ1) is 24.3. The molecule has 0 aliphatic rings. The second-order valence-corrected chi connectivity index (χ2v) is 8.58. The number of fused-ring (bicyclic) bond motifs is 1. The Labute approximate surface area is 206 Å². The Bertz CT molecular complexity index is 1270. The van der Waals surface area contributed by atoms with Crippen molar-refractivity contribution in [3.05, 3.63) is 89.7 Å². The number of para-hydroxylation sites is 2. The molecule has 0 unspecified atom stereocenters. The van der Waals surface area contributed by atoms with Crippen LogP contribution in [0.1, 0.15) is 41.0 Å². The van der Waals surface area contributed by atoms with Crippen LogP contribution in [0.2, 0.25) is 0 Å². The minimum absolute atomic E-state index is 0.000860. The number of benzene rings is 3. The third-order valence-corrected chi connectivity index (χ3v) is 6.11. The topological polar surface area (TPSA) is 65.4 Å². The smallest absolute Gasteiger partial charge is 0.251 e. The van der Waals surface area contributed by atoms with Crippen molar-refractivity contribution in [2.75, 3.05) is 20.3 Å². The van der Waals surface area contributed by atoms with Gasteiger partial charge < -0.3 is 19.4 Å². The average Bonchev–Trinajstić information content (AvgIpc) is 3.23. The molecule has 3 aromatic carbocycles. The summed E-state index contributed by atoms with van der Waals surface area (Å²) in [4.78, 5) is 17.2. The molecule has 0 fully saturated rings. The molecule has 0 aliphatic carbocycles. The summed E-state index contributed by atoms with van der Waals surface area (Å²) in [5.41, 5.74) is 3.88. The van der Waals surface area contributed by atoms with E-state index < -0.39 is 0 Å². The lowest BCUT2D eigenvalue weighted by atomic mass is 10.1. The van der Waals surface area contributed by atoms with Crippen LogP contribution < -0.4 is 14.8 Å². The van der Waals surface area contributed by atoms with Crippen molar-refractivity contribution in [1.29, 1.82) is 0 Å². The first-order valence-corrected chi connectivity index (χ1v) is 12.2. The van der Waals surface area contributed by atoms with Gasteiger partial charge in [0.15, 0.2) is 0 Å². The highest BCUT2D eigenvalue weighted by atomic mass is 16.5. The number of aromatic nitrogens is 2. The third kappa shape index (κ3) is 6.41. The van der Waals surface area contributed by atoms with Crippen LogP contribution in [0.5, 0.6) is 11.5 Å². The van der Waals surface area contributed by atoms with E-state index in [2.05, 4.69) is 22.0 Å². The van der Waals surface area contributed by atoms with Crippen LogP contribution >= 0.6 is 0 Å². The average molecular weight is 472 g/mol. The van der Waals surface area contributed by atoms with Gasteiger partial charge in [-0.3, -0.25) is 4.79 Å². The second-order valence-electron chi connectivity index (χ2n) is 8.58. The molecule has 1 N–H and O–H groups in total. The molecule has 6 heteroatoms. The van der Waals surface area contributed by atoms with Gasteiger partial charge in [-0.2, -0.15) is 0 Å². The quantitative estimate of drug-likeness (QED) is 0.274. The Morgan fingerprint density at radius 1 is 0.943 bits per heavy atom. The Hall–Kier alpha value is -3.80. The fraction of sp³-hybridized carbons (Fsp3) is 0.310. The van der Waals surface area contributed by atoms with Gasteiger partial charge in [0.05, 0.1) is 24.7 Å². The number of carbonyl (C=O) groups excluding carboxylic acids is 1. The fourth-order valence-corrected chi connectivity index (χ4v) is 4.22. The molecule has 0 bridgehead atoms. The number of unbranched alkanes of at least 4 members (excludes halogenated alkanes) is 2. The summed E-state index contributed by atoms with van der Waals surface area (Å²) >= 11 is 0. The molecule has 1 aromatic heterocycles. The van der Waals surface area contributed by atoms with Crippen molar-refractivity contribution in [3.8, 4) is 11.5 Å². The first-order valence-electron chi connectivity index (χ1n) is 12.2. The van der Waals surface area contributed by atoms with Gasteiger partial charge in [0.25, 0.3) is 5.91 Å². The van der Waals surface area contributed by atoms with Gasteiger partial charge in [-0.05, 0) is 55.7 Å². The number of imidazole rings is 1. The van der Waals surface area contributed by atoms with Crippen LogP contribution in [-0.4, -0.2) is 35.7 Å². The standard InChI is InChI=1S/C29H33N3O3/c1-22-11-5-6-14-25(22)29(33)30-18-9-3-4-17-28-31-26-15-7-8-16-27(26)32(28)19-20-35-24-13-10-12-23(21-24)34-2/h5-8,10-16,21H,3-4,9,17-20H2,1-2H3,(H,30,33). The predicted octanol–water partition coefficient (Wildman–Crippen LogP) is 5.58. The minimum atomic E-state index is 0.000860. The zero-order valence-corrected chi connectivity index (χ0v) is 20.5. The van der Waals surface area contributed by atoms with Crippen LogP contribution in [0.4, 0.5) is 0 Å². The molecule has 35 heavy (non-hydrogen) atoms. The molecule has 0 spiro atoms. The van der Waals surface area contributed by atoms with Crippen LogP contribution in [0, 0.1) is 6.92 Å². The summed E-state index contributed by atoms with van der Waals surface area (Å²) in [7, 11) is 1.65. The maximum absolute atomic E-state index is 12.4. The number of ether oxygens (including phenoxy) is 2. The third-order valence-electron chi connectivity index (χ3n) is 6.11. The number of hydrogen-bond acceptors (Lipinski definition) is 4. The molecular formula is C29H33N3O3. The van der Waals surface area contributed by atoms with Crippen molar-refractivity contribution in [1.82, 2.24) is 14.9 Å². The van der Waals surface area contributed by atoms with E-state index in [1.165, 1.54) is 0 Å². The van der Waals surface area contributed by atoms with Crippen molar-refractivity contribution in [2.45, 2.75) is 39.2 Å². The van der Waals surface area contributed by atoms with Crippen LogP contribution in [0.15, 0.2) is 72.8 Å². The van der Waals surface area contributed by atoms with Crippen LogP contribution in [-0.2, 0) is 13.0 Å². The molecule has 0 aliphatic heterocycles. The monoisotopic (exact) mass is 471 g/mol. The normalized spacial score (nSPS) is 10.9. The van der Waals surface area contributed by atoms with E-state index in [4.69, 9.17) is 14.5 Å². The Balaban J connectivity index is 1.28. The molecule has 6 nitrogen and oxygen atoms in total. The van der Waals surface area contributed by atoms with Crippen LogP contribution in [0.25, 0.3) is 11.0 Å². The molecule has 0 saturated carbocycles. The lowest BCUT2D eigenvalue weighted by Crippen LogP contribution is -2.25. The first-order chi connectivity index (χ1) is 17.2. The number of amides is 1. The Morgan fingerprint density at radius 3 is 2.60 bits per heavy atom. The van der Waals surface area contributed by atoms with E-state index in [1.54, 1.807) is 7.11 Å².